The number of amides is 3. The molecular formula is C87H176N22O13. The summed E-state index contributed by atoms with van der Waals surface area (Å²) < 4.78 is 31.9. The summed E-state index contributed by atoms with van der Waals surface area (Å²) in [5, 5.41) is 33.8. The van der Waals surface area contributed by atoms with Gasteiger partial charge in [0.05, 0.1) is 25.7 Å². The SMILES string of the molecule is C.C.C.C.C.C.C.C.C.C.C.C.C.C.C.C.C.C.C.C.C.C.C.C.C=C(C)C(=O)NCn1ccnc1.C=C(C)C(=O)NCn1nnnc1C.C=C(C)C(=O)OCn1nc(C)nc1C.C=C(C)C(=O)OCn1nnc(C)n1.C=CC(=O)NCc1ccncc1.C=CC(=O)OCc1ccncc1.C=CC(=O)OCn1ccnc1.C=CC(=O)OCn1ccnc1. The van der Waals surface area contributed by atoms with Gasteiger partial charge in [0, 0.05) is 109 Å². The van der Waals surface area contributed by atoms with Crippen LogP contribution in [0.2, 0.25) is 0 Å². The van der Waals surface area contributed by atoms with Crippen molar-refractivity contribution in [3.63, 3.8) is 0 Å². The van der Waals surface area contributed by atoms with Gasteiger partial charge in [-0.1, -0.05) is 231 Å². The van der Waals surface area contributed by atoms with Crippen LogP contribution in [0, 0.1) is 27.7 Å². The Kier molecular flexibility index (Phi) is 150. The Bertz CT molecular complexity index is 3700. The molecule has 0 aliphatic carbocycles. The third kappa shape index (κ3) is 84.8. The van der Waals surface area contributed by atoms with Crippen LogP contribution >= 0.6 is 0 Å². The van der Waals surface area contributed by atoms with Crippen molar-refractivity contribution in [2.24, 2.45) is 0 Å². The van der Waals surface area contributed by atoms with Crippen molar-refractivity contribution in [2.75, 3.05) is 0 Å². The molecule has 8 aromatic rings. The fourth-order valence-electron chi connectivity index (χ4n) is 5.51. The molecule has 35 nitrogen and oxygen atoms in total. The van der Waals surface area contributed by atoms with E-state index in [4.69, 9.17) is 23.7 Å². The average molecular weight is 1740 g/mol. The second-order valence-electron chi connectivity index (χ2n) is 19.0. The van der Waals surface area contributed by atoms with Crippen LogP contribution in [0.1, 0.15) is 240 Å². The first kappa shape index (κ1) is 176. The maximum Gasteiger partial charge on any atom is 0.334 e. The Labute approximate surface area is 742 Å². The van der Waals surface area contributed by atoms with Crippen LogP contribution in [0.25, 0.3) is 0 Å². The number of aromatic nitrogens is 19. The van der Waals surface area contributed by atoms with E-state index in [1.165, 1.54) is 20.2 Å². The van der Waals surface area contributed by atoms with Gasteiger partial charge in [0.25, 0.3) is 0 Å². The number of carbonyl (C=O) groups is 8. The zero-order chi connectivity index (χ0) is 73.2. The minimum absolute atomic E-state index is 0. The fourth-order valence-corrected chi connectivity index (χ4v) is 5.51. The Morgan fingerprint density at radius 1 is 0.377 bits per heavy atom. The van der Waals surface area contributed by atoms with Gasteiger partial charge in [-0.3, -0.25) is 24.4 Å². The van der Waals surface area contributed by atoms with Crippen molar-refractivity contribution >= 4 is 47.6 Å². The molecule has 0 radical (unpaired) electrons. The van der Waals surface area contributed by atoms with Crippen molar-refractivity contribution in [2.45, 2.75) is 287 Å². The van der Waals surface area contributed by atoms with Crippen LogP contribution < -0.4 is 16.0 Å². The molecule has 0 aliphatic rings. The summed E-state index contributed by atoms with van der Waals surface area (Å²) >= 11 is 0. The highest BCUT2D eigenvalue weighted by molar-refractivity contribution is 5.92. The van der Waals surface area contributed by atoms with E-state index in [1.54, 1.807) is 162 Å². The molecular weight excluding hydrogens is 1560 g/mol. The smallest absolute Gasteiger partial charge is 0.334 e. The summed E-state index contributed by atoms with van der Waals surface area (Å²) in [5.41, 5.74) is 3.64. The van der Waals surface area contributed by atoms with Crippen molar-refractivity contribution < 1.29 is 62.0 Å². The van der Waals surface area contributed by atoms with Gasteiger partial charge in [-0.15, -0.1) is 20.1 Å². The van der Waals surface area contributed by atoms with E-state index in [2.05, 4.69) is 135 Å². The minimum atomic E-state index is -0.463. The van der Waals surface area contributed by atoms with Crippen molar-refractivity contribution in [1.82, 2.24) is 110 Å². The monoisotopic (exact) mass is 1740 g/mol. The molecule has 8 heterocycles. The molecule has 3 amide bonds. The van der Waals surface area contributed by atoms with E-state index >= 15 is 0 Å². The van der Waals surface area contributed by atoms with E-state index in [-0.39, 0.29) is 236 Å². The third-order valence-corrected chi connectivity index (χ3v) is 10.6. The summed E-state index contributed by atoms with van der Waals surface area (Å²) in [6.07, 6.45) is 26.2. The second-order valence-corrected chi connectivity index (χ2v) is 19.0. The molecule has 0 saturated heterocycles. The standard InChI is InChI=1S/C9H13N3O2.C9H10N2O.C9H9NO2.C8H11N3O.C7H11N5O.C7H10N4O2.2C7H8N2O2.24CH4/c1-6(2)9(13)14-5-12-8(4)10-7(3)11-12;1-2-9(12)11-7-8-3-5-10-6-4-8;1-2-9(11)12-7-8-3-5-10-6-4-8;1-7(2)8(12)10-6-11-4-3-9-5-11;1-5(2)7(13)8-4-12-6(3)9-10-11-12;1-5(2)7(12)13-4-11-9-6(3)8-10-11;2*1-2-7(10)11-6-9-4-3-8-5-9;;;;;;;;;;;;;;;;;;;;;;;;/h1,5H2,2-4H3;2-6H,1,7H2,(H,11,12);2-6H,1,7H2;3-5H,1,6H2,2H3,(H,10,12);1,4H2,2-3H3,(H,8,13);1,4H2,2-3H3;2*2-5H,1,6H2;24*1H4. The first-order valence-corrected chi connectivity index (χ1v) is 28.5. The number of hydrogen-bond acceptors (Lipinski definition) is 26. The van der Waals surface area contributed by atoms with Crippen LogP contribution in [0.3, 0.4) is 0 Å². The molecule has 122 heavy (non-hydrogen) atoms. The molecule has 8 aromatic heterocycles. The van der Waals surface area contributed by atoms with Crippen LogP contribution in [-0.2, 0) is 115 Å². The predicted octanol–water partition coefficient (Wildman–Crippen LogP) is 19.8. The molecule has 0 aliphatic heterocycles. The molecule has 0 spiro atoms. The highest BCUT2D eigenvalue weighted by Crippen LogP contribution is 2.02. The van der Waals surface area contributed by atoms with Crippen LogP contribution in [0.4, 0.5) is 0 Å². The van der Waals surface area contributed by atoms with Crippen LogP contribution in [-0.4, -0.2) is 141 Å². The molecule has 0 unspecified atom stereocenters. The Morgan fingerprint density at radius 3 is 1.07 bits per heavy atom. The predicted molar refractivity (Wildman–Crippen MR) is 514 cm³/mol. The van der Waals surface area contributed by atoms with E-state index in [0.717, 1.165) is 35.2 Å². The number of nitrogens with zero attached hydrogens (tertiary/aromatic N) is 19. The summed E-state index contributed by atoms with van der Waals surface area (Å²) in [7, 11) is 0. The number of rotatable bonds is 24. The van der Waals surface area contributed by atoms with Crippen LogP contribution in [0.5, 0.6) is 0 Å². The lowest BCUT2D eigenvalue weighted by atomic mass is 10.3. The second kappa shape index (κ2) is 104. The zero-order valence-corrected chi connectivity index (χ0v) is 55.7. The molecule has 712 valence electrons. The number of tetrazole rings is 2. The quantitative estimate of drug-likeness (QED) is 0.0287. The maximum absolute atomic E-state index is 11.1. The Balaban J connectivity index is -0.0000000398. The first-order valence-electron chi connectivity index (χ1n) is 28.5. The number of esters is 5. The van der Waals surface area contributed by atoms with Gasteiger partial charge in [0.15, 0.2) is 26.0 Å². The number of ether oxygens (including phenoxy) is 5. The van der Waals surface area contributed by atoms with Crippen LogP contribution in [0.15, 0.2) is 204 Å². The van der Waals surface area contributed by atoms with Crippen molar-refractivity contribution in [3.05, 3.63) is 239 Å². The summed E-state index contributed by atoms with van der Waals surface area (Å²) in [6, 6.07) is 7.28. The lowest BCUT2D eigenvalue weighted by molar-refractivity contribution is -0.144. The van der Waals surface area contributed by atoms with Gasteiger partial charge in [0.2, 0.25) is 24.5 Å². The minimum Gasteiger partial charge on any atom is -0.458 e. The van der Waals surface area contributed by atoms with Gasteiger partial charge < -0.3 is 53.3 Å². The van der Waals surface area contributed by atoms with E-state index in [9.17, 15) is 38.4 Å². The first-order chi connectivity index (χ1) is 46.7. The largest absolute Gasteiger partial charge is 0.458 e. The molecule has 0 bridgehead atoms. The molecule has 0 saturated carbocycles. The van der Waals surface area contributed by atoms with E-state index in [1.807, 2.05) is 12.1 Å². The molecule has 8 rings (SSSR count). The number of aryl methyl sites for hydroxylation is 4. The summed E-state index contributed by atoms with van der Waals surface area (Å²) in [4.78, 5) is 111. The Morgan fingerprint density at radius 2 is 0.754 bits per heavy atom. The van der Waals surface area contributed by atoms with Gasteiger partial charge in [-0.2, -0.15) is 5.10 Å². The van der Waals surface area contributed by atoms with Gasteiger partial charge in [-0.05, 0) is 112 Å². The third-order valence-electron chi connectivity index (χ3n) is 10.6. The number of pyridine rings is 2. The summed E-state index contributed by atoms with van der Waals surface area (Å²) in [5.74, 6) is -0.0820. The Hall–Kier alpha value is -13.1. The topological polar surface area (TPSA) is 416 Å². The van der Waals surface area contributed by atoms with Crippen molar-refractivity contribution in [3.8, 4) is 0 Å². The fraction of sp³-hybridized carbons (Fsp3) is 0.460. The number of imidazole rings is 3. The summed E-state index contributed by atoms with van der Waals surface area (Å²) in [6.45, 7) is 42.5. The average Bonchev–Trinajstić information content (AvgIpc) is 1.75. The molecule has 3 N–H and O–H groups in total. The highest BCUT2D eigenvalue weighted by Gasteiger charge is 2.09. The zero-order valence-electron chi connectivity index (χ0n) is 55.7. The number of nitrogens with one attached hydrogen (secondary N) is 3. The highest BCUT2D eigenvalue weighted by atomic mass is 16.6. The van der Waals surface area contributed by atoms with Gasteiger partial charge >= 0.3 is 29.8 Å². The van der Waals surface area contributed by atoms with Crippen molar-refractivity contribution in [1.29, 1.82) is 0 Å². The molecule has 35 heteroatoms. The number of hydrogen-bond donors (Lipinski definition) is 3. The van der Waals surface area contributed by atoms with E-state index in [0.29, 0.717) is 53.0 Å². The molecule has 0 atom stereocenters. The van der Waals surface area contributed by atoms with Gasteiger partial charge in [-0.25, -0.2) is 53.3 Å². The molecule has 0 aromatic carbocycles. The lowest BCUT2D eigenvalue weighted by Crippen LogP contribution is -2.27. The number of carbonyl (C=O) groups excluding carboxylic acids is 8. The lowest BCUT2D eigenvalue weighted by Gasteiger charge is -2.04. The molecule has 0 fully saturated rings. The van der Waals surface area contributed by atoms with E-state index < -0.39 is 29.8 Å². The maximum atomic E-state index is 11.1. The normalized spacial score (nSPS) is 7.54. The van der Waals surface area contributed by atoms with Gasteiger partial charge in [0.1, 0.15) is 30.7 Å².